The number of hydrogen-bond donors (Lipinski definition) is 2. The van der Waals surface area contributed by atoms with Crippen molar-refractivity contribution < 1.29 is 13.9 Å². The van der Waals surface area contributed by atoms with Gasteiger partial charge in [-0.25, -0.2) is 9.37 Å². The maximum atomic E-state index is 13.7. The zero-order chi connectivity index (χ0) is 15.5. The standard InChI is InChI=1S/C15H15FN4O2/c1-22-13-6-7-17-15(18-13)20-19-14(21)11-8-10(11)9-4-2-3-5-12(9)16/h2-7,10-11H,8H2,1H3,(H,19,21)(H,17,18,20). The van der Waals surface area contributed by atoms with E-state index in [0.717, 1.165) is 0 Å². The largest absolute Gasteiger partial charge is 0.481 e. The molecule has 1 aromatic heterocycles. The highest BCUT2D eigenvalue weighted by Crippen LogP contribution is 2.48. The van der Waals surface area contributed by atoms with Crippen molar-refractivity contribution in [2.75, 3.05) is 12.5 Å². The third-order valence-electron chi connectivity index (χ3n) is 3.57. The number of nitrogens with zero attached hydrogens (tertiary/aromatic N) is 2. The molecule has 7 heteroatoms. The number of ether oxygens (including phenoxy) is 1. The van der Waals surface area contributed by atoms with Crippen LogP contribution >= 0.6 is 0 Å². The lowest BCUT2D eigenvalue weighted by atomic mass is 10.1. The summed E-state index contributed by atoms with van der Waals surface area (Å²) < 4.78 is 18.6. The van der Waals surface area contributed by atoms with Crippen molar-refractivity contribution in [1.29, 1.82) is 0 Å². The summed E-state index contributed by atoms with van der Waals surface area (Å²) in [6, 6.07) is 8.13. The summed E-state index contributed by atoms with van der Waals surface area (Å²) in [6.45, 7) is 0. The molecule has 2 N–H and O–H groups in total. The number of benzene rings is 1. The summed E-state index contributed by atoms with van der Waals surface area (Å²) in [7, 11) is 1.49. The Kier molecular flexibility index (Phi) is 3.86. The van der Waals surface area contributed by atoms with Gasteiger partial charge in [0.05, 0.1) is 7.11 Å². The number of aromatic nitrogens is 2. The van der Waals surface area contributed by atoms with E-state index in [9.17, 15) is 9.18 Å². The molecular formula is C15H15FN4O2. The Balaban J connectivity index is 1.57. The summed E-state index contributed by atoms with van der Waals surface area (Å²) >= 11 is 0. The first-order valence-electron chi connectivity index (χ1n) is 6.86. The van der Waals surface area contributed by atoms with Gasteiger partial charge < -0.3 is 4.74 Å². The number of nitrogens with one attached hydrogen (secondary N) is 2. The fourth-order valence-electron chi connectivity index (χ4n) is 2.33. The number of amides is 1. The van der Waals surface area contributed by atoms with Crippen LogP contribution in [0, 0.1) is 11.7 Å². The Hall–Kier alpha value is -2.70. The second-order valence-electron chi connectivity index (χ2n) is 5.01. The van der Waals surface area contributed by atoms with Crippen LogP contribution in [-0.4, -0.2) is 23.0 Å². The molecule has 1 fully saturated rings. The van der Waals surface area contributed by atoms with Crippen molar-refractivity contribution in [2.45, 2.75) is 12.3 Å². The number of carbonyl (C=O) groups is 1. The van der Waals surface area contributed by atoms with E-state index in [4.69, 9.17) is 4.74 Å². The zero-order valence-corrected chi connectivity index (χ0v) is 11.9. The lowest BCUT2D eigenvalue weighted by molar-refractivity contribution is -0.121. The molecule has 0 saturated heterocycles. The smallest absolute Gasteiger partial charge is 0.245 e. The predicted molar refractivity (Wildman–Crippen MR) is 77.6 cm³/mol. The van der Waals surface area contributed by atoms with Crippen LogP contribution < -0.4 is 15.6 Å². The molecule has 1 saturated carbocycles. The normalized spacial score (nSPS) is 19.4. The van der Waals surface area contributed by atoms with Crippen LogP contribution in [0.15, 0.2) is 36.5 Å². The fourth-order valence-corrected chi connectivity index (χ4v) is 2.33. The lowest BCUT2D eigenvalue weighted by Crippen LogP contribution is -2.32. The van der Waals surface area contributed by atoms with Crippen LogP contribution in [0.1, 0.15) is 17.9 Å². The number of rotatable bonds is 5. The van der Waals surface area contributed by atoms with Gasteiger partial charge in [-0.15, -0.1) is 0 Å². The second-order valence-corrected chi connectivity index (χ2v) is 5.01. The van der Waals surface area contributed by atoms with E-state index in [1.165, 1.54) is 19.4 Å². The first kappa shape index (κ1) is 14.2. The van der Waals surface area contributed by atoms with Crippen molar-refractivity contribution >= 4 is 11.9 Å². The number of methoxy groups -OCH3 is 1. The molecule has 1 aliphatic rings. The lowest BCUT2D eigenvalue weighted by Gasteiger charge is -2.07. The summed E-state index contributed by atoms with van der Waals surface area (Å²) in [5.41, 5.74) is 5.75. The van der Waals surface area contributed by atoms with Gasteiger partial charge in [-0.05, 0) is 24.0 Å². The third-order valence-corrected chi connectivity index (χ3v) is 3.57. The summed E-state index contributed by atoms with van der Waals surface area (Å²) in [5, 5.41) is 0. The molecule has 0 spiro atoms. The Morgan fingerprint density at radius 1 is 1.36 bits per heavy atom. The molecule has 2 aromatic rings. The SMILES string of the molecule is COc1ccnc(NNC(=O)C2CC2c2ccccc2F)n1. The minimum atomic E-state index is -0.271. The second kappa shape index (κ2) is 5.97. The quantitative estimate of drug-likeness (QED) is 0.825. The van der Waals surface area contributed by atoms with Gasteiger partial charge >= 0.3 is 0 Å². The molecule has 0 radical (unpaired) electrons. The average Bonchev–Trinajstić information content (AvgIpc) is 3.34. The van der Waals surface area contributed by atoms with Gasteiger partial charge in [-0.2, -0.15) is 4.98 Å². The molecule has 0 aliphatic heterocycles. The van der Waals surface area contributed by atoms with E-state index >= 15 is 0 Å². The molecule has 0 bridgehead atoms. The molecule has 1 aliphatic carbocycles. The molecule has 2 unspecified atom stereocenters. The van der Waals surface area contributed by atoms with E-state index in [2.05, 4.69) is 20.8 Å². The summed E-state index contributed by atoms with van der Waals surface area (Å²) in [5.74, 6) is -0.172. The van der Waals surface area contributed by atoms with Crippen LogP contribution in [0.3, 0.4) is 0 Å². The number of halogens is 1. The molecule has 1 aromatic carbocycles. The van der Waals surface area contributed by atoms with Crippen molar-refractivity contribution in [3.63, 3.8) is 0 Å². The van der Waals surface area contributed by atoms with Gasteiger partial charge in [0.1, 0.15) is 5.82 Å². The molecule has 1 amide bonds. The minimum Gasteiger partial charge on any atom is -0.481 e. The molecule has 3 rings (SSSR count). The summed E-state index contributed by atoms with van der Waals surface area (Å²) in [6.07, 6.45) is 2.15. The summed E-state index contributed by atoms with van der Waals surface area (Å²) in [4.78, 5) is 20.0. The molecule has 22 heavy (non-hydrogen) atoms. The van der Waals surface area contributed by atoms with Crippen LogP contribution in [0.4, 0.5) is 10.3 Å². The van der Waals surface area contributed by atoms with Crippen molar-refractivity contribution in [3.05, 3.63) is 47.9 Å². The van der Waals surface area contributed by atoms with E-state index in [1.54, 1.807) is 24.3 Å². The zero-order valence-electron chi connectivity index (χ0n) is 11.9. The van der Waals surface area contributed by atoms with E-state index in [-0.39, 0.29) is 29.5 Å². The predicted octanol–water partition coefficient (Wildman–Crippen LogP) is 1.87. The maximum Gasteiger partial charge on any atom is 0.245 e. The molecule has 114 valence electrons. The molecule has 1 heterocycles. The van der Waals surface area contributed by atoms with Crippen molar-refractivity contribution in [1.82, 2.24) is 15.4 Å². The Bertz CT molecular complexity index is 695. The highest BCUT2D eigenvalue weighted by Gasteiger charge is 2.45. The monoisotopic (exact) mass is 302 g/mol. The van der Waals surface area contributed by atoms with Gasteiger partial charge in [0, 0.05) is 18.2 Å². The van der Waals surface area contributed by atoms with E-state index in [0.29, 0.717) is 17.9 Å². The maximum absolute atomic E-state index is 13.7. The van der Waals surface area contributed by atoms with Crippen molar-refractivity contribution in [2.24, 2.45) is 5.92 Å². The van der Waals surface area contributed by atoms with E-state index in [1.807, 2.05) is 0 Å². The molecule has 2 atom stereocenters. The van der Waals surface area contributed by atoms with Crippen LogP contribution in [0.25, 0.3) is 0 Å². The molecular weight excluding hydrogens is 287 g/mol. The Labute approximate surface area is 126 Å². The van der Waals surface area contributed by atoms with Gasteiger partial charge in [-0.3, -0.25) is 15.6 Å². The number of hydrazine groups is 1. The van der Waals surface area contributed by atoms with Crippen LogP contribution in [0.5, 0.6) is 5.88 Å². The number of hydrogen-bond acceptors (Lipinski definition) is 5. The van der Waals surface area contributed by atoms with Crippen molar-refractivity contribution in [3.8, 4) is 5.88 Å². The van der Waals surface area contributed by atoms with Gasteiger partial charge in [0.2, 0.25) is 17.7 Å². The average molecular weight is 302 g/mol. The topological polar surface area (TPSA) is 76.1 Å². The Morgan fingerprint density at radius 3 is 2.95 bits per heavy atom. The van der Waals surface area contributed by atoms with Gasteiger partial charge in [-0.1, -0.05) is 18.2 Å². The first-order valence-corrected chi connectivity index (χ1v) is 6.86. The van der Waals surface area contributed by atoms with Gasteiger partial charge in [0.15, 0.2) is 0 Å². The molecule has 6 nitrogen and oxygen atoms in total. The number of carbonyl (C=O) groups excluding carboxylic acids is 1. The van der Waals surface area contributed by atoms with Gasteiger partial charge in [0.25, 0.3) is 0 Å². The minimum absolute atomic E-state index is 0.0748. The van der Waals surface area contributed by atoms with Crippen LogP contribution in [0.2, 0.25) is 0 Å². The Morgan fingerprint density at radius 2 is 2.18 bits per heavy atom. The van der Waals surface area contributed by atoms with E-state index < -0.39 is 0 Å². The fraction of sp³-hybridized carbons (Fsp3) is 0.267. The highest BCUT2D eigenvalue weighted by atomic mass is 19.1. The third kappa shape index (κ3) is 2.98. The number of anilines is 1. The van der Waals surface area contributed by atoms with Crippen LogP contribution in [-0.2, 0) is 4.79 Å². The highest BCUT2D eigenvalue weighted by molar-refractivity contribution is 5.83. The first-order chi connectivity index (χ1) is 10.7.